The van der Waals surface area contributed by atoms with Crippen molar-refractivity contribution in [2.24, 2.45) is 0 Å². The van der Waals surface area contributed by atoms with Crippen LogP contribution < -0.4 is 15.7 Å². The predicted molar refractivity (Wildman–Crippen MR) is 107 cm³/mol. The fourth-order valence-electron chi connectivity index (χ4n) is 3.46. The summed E-state index contributed by atoms with van der Waals surface area (Å²) in [5.74, 6) is 0.122. The molecule has 1 aliphatic rings. The van der Waals surface area contributed by atoms with E-state index in [1.807, 2.05) is 13.8 Å². The molecule has 28 heavy (non-hydrogen) atoms. The average molecular weight is 394 g/mol. The molecule has 0 fully saturated rings. The third-order valence-corrected chi connectivity index (χ3v) is 5.80. The van der Waals surface area contributed by atoms with E-state index in [1.165, 1.54) is 17.4 Å². The van der Waals surface area contributed by atoms with Gasteiger partial charge in [0, 0.05) is 22.4 Å². The van der Waals surface area contributed by atoms with Crippen LogP contribution in [0.15, 0.2) is 33.5 Å². The van der Waals surface area contributed by atoms with Crippen LogP contribution in [0.25, 0.3) is 11.0 Å². The summed E-state index contributed by atoms with van der Waals surface area (Å²) in [7, 11) is 0. The smallest absolute Gasteiger partial charge is 0.337 e. The van der Waals surface area contributed by atoms with Crippen molar-refractivity contribution >= 4 is 33.2 Å². The van der Waals surface area contributed by atoms with Gasteiger partial charge in [0.1, 0.15) is 22.4 Å². The van der Waals surface area contributed by atoms with Gasteiger partial charge in [-0.15, -0.1) is 11.3 Å². The molecule has 1 aromatic carbocycles. The molecule has 142 valence electrons. The number of hydrogen-bond acceptors (Lipinski definition) is 6. The van der Waals surface area contributed by atoms with Gasteiger partial charge in [-0.1, -0.05) is 0 Å². The van der Waals surface area contributed by atoms with E-state index in [4.69, 9.17) is 9.15 Å². The third-order valence-electron chi connectivity index (χ3n) is 4.59. The molecule has 0 bridgehead atoms. The molecule has 7 heteroatoms. The molecule has 0 unspecified atom stereocenters. The lowest BCUT2D eigenvalue weighted by atomic mass is 10.1. The Balaban J connectivity index is 1.72. The quantitative estimate of drug-likeness (QED) is 0.668. The first-order valence-corrected chi connectivity index (χ1v) is 9.88. The maximum Gasteiger partial charge on any atom is 0.337 e. The van der Waals surface area contributed by atoms with Gasteiger partial charge in [-0.2, -0.15) is 5.26 Å². The van der Waals surface area contributed by atoms with Gasteiger partial charge in [-0.25, -0.2) is 4.79 Å². The molecule has 4 rings (SSSR count). The number of benzene rings is 1. The summed E-state index contributed by atoms with van der Waals surface area (Å²) >= 11 is 1.44. The molecule has 2 heterocycles. The number of carbonyl (C=O) groups is 1. The third kappa shape index (κ3) is 3.27. The number of carbonyl (C=O) groups excluding carboxylic acids is 1. The van der Waals surface area contributed by atoms with Gasteiger partial charge in [0.2, 0.25) is 0 Å². The second kappa shape index (κ2) is 7.13. The Morgan fingerprint density at radius 1 is 1.32 bits per heavy atom. The molecule has 1 N–H and O–H groups in total. The van der Waals surface area contributed by atoms with Gasteiger partial charge in [-0.3, -0.25) is 4.79 Å². The Hall–Kier alpha value is -3.11. The summed E-state index contributed by atoms with van der Waals surface area (Å²) in [6, 6.07) is 8.42. The molecule has 1 amide bonds. The molecule has 0 radical (unpaired) electrons. The molecule has 2 aromatic heterocycles. The van der Waals surface area contributed by atoms with Crippen molar-refractivity contribution in [2.45, 2.75) is 39.2 Å². The number of nitriles is 1. The maximum absolute atomic E-state index is 12.9. The van der Waals surface area contributed by atoms with Crippen molar-refractivity contribution in [3.05, 3.63) is 56.3 Å². The summed E-state index contributed by atoms with van der Waals surface area (Å²) in [5, 5.41) is 13.4. The van der Waals surface area contributed by atoms with Gasteiger partial charge >= 0.3 is 5.63 Å². The van der Waals surface area contributed by atoms with Gasteiger partial charge in [-0.05, 0) is 50.8 Å². The first-order valence-electron chi connectivity index (χ1n) is 9.07. The molecule has 0 spiro atoms. The number of nitrogens with one attached hydrogen (secondary N) is 1. The van der Waals surface area contributed by atoms with Crippen LogP contribution >= 0.6 is 11.3 Å². The minimum atomic E-state index is -0.617. The van der Waals surface area contributed by atoms with E-state index in [0.717, 1.165) is 29.7 Å². The van der Waals surface area contributed by atoms with E-state index in [-0.39, 0.29) is 17.3 Å². The van der Waals surface area contributed by atoms with E-state index < -0.39 is 11.5 Å². The Morgan fingerprint density at radius 2 is 2.14 bits per heavy atom. The van der Waals surface area contributed by atoms with Crippen molar-refractivity contribution in [3.63, 3.8) is 0 Å². The van der Waals surface area contributed by atoms with Gasteiger partial charge in [0.15, 0.2) is 0 Å². The van der Waals surface area contributed by atoms with Gasteiger partial charge in [0.05, 0.1) is 17.2 Å². The molecule has 3 aromatic rings. The number of thiophene rings is 1. The van der Waals surface area contributed by atoms with Crippen molar-refractivity contribution in [1.29, 1.82) is 5.26 Å². The fourth-order valence-corrected chi connectivity index (χ4v) is 4.69. The largest absolute Gasteiger partial charge is 0.491 e. The number of amides is 1. The molecule has 6 nitrogen and oxygen atoms in total. The first-order chi connectivity index (χ1) is 13.5. The van der Waals surface area contributed by atoms with Crippen molar-refractivity contribution in [2.75, 3.05) is 5.32 Å². The highest BCUT2D eigenvalue weighted by Gasteiger charge is 2.24. The zero-order chi connectivity index (χ0) is 19.8. The Labute approximate surface area is 165 Å². The molecular weight excluding hydrogens is 376 g/mol. The molecule has 0 aliphatic heterocycles. The first kappa shape index (κ1) is 18.3. The number of ether oxygens (including phenoxy) is 1. The van der Waals surface area contributed by atoms with Gasteiger partial charge in [0.25, 0.3) is 5.91 Å². The Kier molecular flexibility index (Phi) is 4.65. The molecule has 1 aliphatic carbocycles. The maximum atomic E-state index is 12.9. The zero-order valence-corrected chi connectivity index (χ0v) is 16.3. The van der Waals surface area contributed by atoms with E-state index >= 15 is 0 Å². The second-order valence-corrected chi connectivity index (χ2v) is 8.04. The van der Waals surface area contributed by atoms with Crippen LogP contribution in [0, 0.1) is 11.3 Å². The summed E-state index contributed by atoms with van der Waals surface area (Å²) in [5.41, 5.74) is 1.44. The zero-order valence-electron chi connectivity index (χ0n) is 15.5. The van der Waals surface area contributed by atoms with Crippen molar-refractivity contribution < 1.29 is 13.9 Å². The minimum Gasteiger partial charge on any atom is -0.491 e. The van der Waals surface area contributed by atoms with Crippen LogP contribution in [-0.4, -0.2) is 12.0 Å². The minimum absolute atomic E-state index is 0.0270. The number of rotatable bonds is 4. The van der Waals surface area contributed by atoms with Crippen LogP contribution in [0.5, 0.6) is 5.75 Å². The van der Waals surface area contributed by atoms with E-state index in [0.29, 0.717) is 21.7 Å². The molecular formula is C21H18N2O4S. The van der Waals surface area contributed by atoms with Gasteiger partial charge < -0.3 is 14.5 Å². The SMILES string of the molecule is CC(C)Oc1ccc2c(C(=O)Nc3sc4c(c3C#N)CCC4)cc(=O)oc2c1. The normalized spacial score (nSPS) is 12.8. The Bertz CT molecular complexity index is 1180. The lowest BCUT2D eigenvalue weighted by Crippen LogP contribution is -2.15. The predicted octanol–water partition coefficient (Wildman–Crippen LogP) is 4.25. The van der Waals surface area contributed by atoms with E-state index in [1.54, 1.807) is 18.2 Å². The van der Waals surface area contributed by atoms with Crippen LogP contribution in [0.4, 0.5) is 5.00 Å². The number of anilines is 1. The molecule has 0 saturated heterocycles. The van der Waals surface area contributed by atoms with Crippen LogP contribution in [0.1, 0.15) is 46.6 Å². The van der Waals surface area contributed by atoms with Crippen LogP contribution in [0.2, 0.25) is 0 Å². The summed E-state index contributed by atoms with van der Waals surface area (Å²) in [6.07, 6.45) is 2.80. The monoisotopic (exact) mass is 394 g/mol. The fraction of sp³-hybridized carbons (Fsp3) is 0.286. The lowest BCUT2D eigenvalue weighted by Gasteiger charge is -2.11. The van der Waals surface area contributed by atoms with Crippen molar-refractivity contribution in [1.82, 2.24) is 0 Å². The second-order valence-electron chi connectivity index (χ2n) is 6.93. The average Bonchev–Trinajstić information content (AvgIpc) is 3.20. The highest BCUT2D eigenvalue weighted by Crippen LogP contribution is 2.38. The number of fused-ring (bicyclic) bond motifs is 2. The Morgan fingerprint density at radius 3 is 2.89 bits per heavy atom. The topological polar surface area (TPSA) is 92.3 Å². The highest BCUT2D eigenvalue weighted by atomic mass is 32.1. The summed E-state index contributed by atoms with van der Waals surface area (Å²) in [6.45, 7) is 3.80. The number of nitrogens with zero attached hydrogens (tertiary/aromatic N) is 1. The molecule has 0 atom stereocenters. The number of aryl methyl sites for hydroxylation is 1. The van der Waals surface area contributed by atoms with Crippen LogP contribution in [0.3, 0.4) is 0 Å². The highest BCUT2D eigenvalue weighted by molar-refractivity contribution is 7.16. The van der Waals surface area contributed by atoms with E-state index in [9.17, 15) is 14.9 Å². The lowest BCUT2D eigenvalue weighted by molar-refractivity contribution is 0.102. The summed E-state index contributed by atoms with van der Waals surface area (Å²) < 4.78 is 10.9. The van der Waals surface area contributed by atoms with E-state index in [2.05, 4.69) is 11.4 Å². The van der Waals surface area contributed by atoms with Crippen LogP contribution in [-0.2, 0) is 12.8 Å². The summed E-state index contributed by atoms with van der Waals surface area (Å²) in [4.78, 5) is 26.1. The molecule has 0 saturated carbocycles. The number of hydrogen-bond donors (Lipinski definition) is 1. The standard InChI is InChI=1S/C21H18N2O4S/c1-11(2)26-12-6-7-13-15(9-19(24)27-17(13)8-12)20(25)23-21-16(10-22)14-4-3-5-18(14)28-21/h6-9,11H,3-5H2,1-2H3,(H,23,25). The van der Waals surface area contributed by atoms with Crippen molar-refractivity contribution in [3.8, 4) is 11.8 Å².